The van der Waals surface area contributed by atoms with Crippen LogP contribution in [0.1, 0.15) is 5.56 Å². The van der Waals surface area contributed by atoms with Gasteiger partial charge in [0.15, 0.2) is 6.29 Å². The molecule has 0 spiro atoms. The number of fused-ring (bicyclic) bond motifs is 1. The minimum Gasteiger partial charge on any atom is -0.366 e. The first-order valence-corrected chi connectivity index (χ1v) is 3.76. The summed E-state index contributed by atoms with van der Waals surface area (Å²) in [4.78, 5) is 14.7. The number of hydrogen-bond donors (Lipinski definition) is 1. The number of pyridine rings is 1. The van der Waals surface area contributed by atoms with E-state index in [9.17, 15) is 4.79 Å². The molecule has 3 nitrogen and oxygen atoms in total. The van der Waals surface area contributed by atoms with Crippen molar-refractivity contribution in [3.63, 3.8) is 0 Å². The number of rotatable bonds is 1. The number of hydrogen-bond acceptors (Lipinski definition) is 3. The molecule has 1 N–H and O–H groups in total. The summed E-state index contributed by atoms with van der Waals surface area (Å²) < 4.78 is 0. The Bertz CT molecular complexity index is 344. The maximum atomic E-state index is 10.6. The standard InChI is InChI=1S/C9H8N2O/c12-6-7-3-5-11-9-8(7)2-1-4-10-9/h1-4,6H,5H2,(H,10,11). The highest BCUT2D eigenvalue weighted by Crippen LogP contribution is 2.22. The molecule has 0 atom stereocenters. The quantitative estimate of drug-likeness (QED) is 0.625. The summed E-state index contributed by atoms with van der Waals surface area (Å²) in [5.74, 6) is 0.794. The zero-order valence-electron chi connectivity index (χ0n) is 6.45. The van der Waals surface area contributed by atoms with Crippen LogP contribution in [0.3, 0.4) is 0 Å². The minimum atomic E-state index is 0.679. The van der Waals surface area contributed by atoms with Crippen LogP contribution < -0.4 is 5.32 Å². The van der Waals surface area contributed by atoms with Gasteiger partial charge >= 0.3 is 0 Å². The molecule has 0 aliphatic carbocycles. The van der Waals surface area contributed by atoms with E-state index in [2.05, 4.69) is 10.3 Å². The molecule has 0 aromatic carbocycles. The highest BCUT2D eigenvalue weighted by molar-refractivity contribution is 6.09. The van der Waals surface area contributed by atoms with Gasteiger partial charge in [-0.1, -0.05) is 6.08 Å². The van der Waals surface area contributed by atoms with Gasteiger partial charge in [0.25, 0.3) is 0 Å². The van der Waals surface area contributed by atoms with Crippen LogP contribution in [-0.2, 0) is 4.79 Å². The van der Waals surface area contributed by atoms with Crippen LogP contribution in [0, 0.1) is 0 Å². The van der Waals surface area contributed by atoms with E-state index in [4.69, 9.17) is 0 Å². The first-order chi connectivity index (χ1) is 5.92. The van der Waals surface area contributed by atoms with E-state index < -0.39 is 0 Å². The Morgan fingerprint density at radius 2 is 2.50 bits per heavy atom. The van der Waals surface area contributed by atoms with Crippen molar-refractivity contribution in [1.29, 1.82) is 0 Å². The molecule has 0 bridgehead atoms. The van der Waals surface area contributed by atoms with E-state index in [0.717, 1.165) is 23.2 Å². The largest absolute Gasteiger partial charge is 0.366 e. The van der Waals surface area contributed by atoms with Crippen LogP contribution in [-0.4, -0.2) is 17.8 Å². The van der Waals surface area contributed by atoms with Gasteiger partial charge in [0, 0.05) is 23.9 Å². The molecule has 1 aliphatic heterocycles. The van der Waals surface area contributed by atoms with Gasteiger partial charge in [0.2, 0.25) is 0 Å². The highest BCUT2D eigenvalue weighted by atomic mass is 16.1. The average molecular weight is 160 g/mol. The lowest BCUT2D eigenvalue weighted by Crippen LogP contribution is -2.09. The van der Waals surface area contributed by atoms with Crippen molar-refractivity contribution in [2.24, 2.45) is 0 Å². The van der Waals surface area contributed by atoms with Gasteiger partial charge in [-0.3, -0.25) is 4.79 Å². The Morgan fingerprint density at radius 1 is 1.58 bits per heavy atom. The van der Waals surface area contributed by atoms with Crippen molar-refractivity contribution in [3.8, 4) is 0 Å². The predicted octanol–water partition coefficient (Wildman–Crippen LogP) is 1.09. The number of carbonyl (C=O) groups is 1. The fourth-order valence-electron chi connectivity index (χ4n) is 1.26. The van der Waals surface area contributed by atoms with Gasteiger partial charge in [-0.05, 0) is 12.1 Å². The van der Waals surface area contributed by atoms with Gasteiger partial charge in [0.1, 0.15) is 5.82 Å². The van der Waals surface area contributed by atoms with E-state index in [1.807, 2.05) is 18.2 Å². The number of nitrogens with zero attached hydrogens (tertiary/aromatic N) is 1. The Morgan fingerprint density at radius 3 is 3.33 bits per heavy atom. The third-order valence-corrected chi connectivity index (χ3v) is 1.84. The van der Waals surface area contributed by atoms with Gasteiger partial charge in [-0.15, -0.1) is 0 Å². The first-order valence-electron chi connectivity index (χ1n) is 3.76. The average Bonchev–Trinajstić information content (AvgIpc) is 2.17. The topological polar surface area (TPSA) is 42.0 Å². The number of anilines is 1. The molecule has 2 rings (SSSR count). The van der Waals surface area contributed by atoms with E-state index in [1.54, 1.807) is 6.20 Å². The molecule has 0 saturated heterocycles. The summed E-state index contributed by atoms with van der Waals surface area (Å²) in [6.45, 7) is 0.679. The number of aromatic nitrogens is 1. The van der Waals surface area contributed by atoms with Crippen LogP contribution >= 0.6 is 0 Å². The van der Waals surface area contributed by atoms with E-state index in [1.165, 1.54) is 0 Å². The summed E-state index contributed by atoms with van der Waals surface area (Å²) in [6, 6.07) is 3.71. The van der Waals surface area contributed by atoms with Crippen LogP contribution in [0.15, 0.2) is 24.4 Å². The second kappa shape index (κ2) is 2.77. The third kappa shape index (κ3) is 0.993. The van der Waals surface area contributed by atoms with Crippen molar-refractivity contribution in [2.45, 2.75) is 0 Å². The third-order valence-electron chi connectivity index (χ3n) is 1.84. The Balaban J connectivity index is 2.55. The van der Waals surface area contributed by atoms with Gasteiger partial charge in [0.05, 0.1) is 0 Å². The van der Waals surface area contributed by atoms with Crippen molar-refractivity contribution in [3.05, 3.63) is 30.0 Å². The number of allylic oxidation sites excluding steroid dienone is 1. The van der Waals surface area contributed by atoms with E-state index in [-0.39, 0.29) is 0 Å². The van der Waals surface area contributed by atoms with Crippen molar-refractivity contribution >= 4 is 17.7 Å². The maximum Gasteiger partial charge on any atom is 0.150 e. The van der Waals surface area contributed by atoms with Crippen molar-refractivity contribution < 1.29 is 4.79 Å². The number of aldehydes is 1. The fraction of sp³-hybridized carbons (Fsp3) is 0.111. The van der Waals surface area contributed by atoms with Crippen LogP contribution in [0.4, 0.5) is 5.82 Å². The second-order valence-corrected chi connectivity index (χ2v) is 2.56. The molecule has 1 aromatic rings. The SMILES string of the molecule is O=CC1=CCNc2ncccc21. The summed E-state index contributed by atoms with van der Waals surface area (Å²) in [5, 5.41) is 3.08. The molecule has 1 aliphatic rings. The molecular weight excluding hydrogens is 152 g/mol. The fourth-order valence-corrected chi connectivity index (χ4v) is 1.26. The molecule has 0 radical (unpaired) electrons. The molecule has 0 amide bonds. The van der Waals surface area contributed by atoms with E-state index >= 15 is 0 Å². The van der Waals surface area contributed by atoms with Gasteiger partial charge < -0.3 is 5.32 Å². The monoisotopic (exact) mass is 160 g/mol. The predicted molar refractivity (Wildman–Crippen MR) is 46.8 cm³/mol. The molecule has 0 unspecified atom stereocenters. The number of carbonyl (C=O) groups excluding carboxylic acids is 1. The zero-order valence-corrected chi connectivity index (χ0v) is 6.45. The second-order valence-electron chi connectivity index (χ2n) is 2.56. The molecule has 2 heterocycles. The lowest BCUT2D eigenvalue weighted by molar-refractivity contribution is -0.103. The van der Waals surface area contributed by atoms with Crippen LogP contribution in [0.25, 0.3) is 5.57 Å². The van der Waals surface area contributed by atoms with Crippen LogP contribution in [0.5, 0.6) is 0 Å². The molecular formula is C9H8N2O. The van der Waals surface area contributed by atoms with Crippen molar-refractivity contribution in [2.75, 3.05) is 11.9 Å². The summed E-state index contributed by atoms with van der Waals surface area (Å²) in [5.41, 5.74) is 1.61. The molecule has 0 fully saturated rings. The van der Waals surface area contributed by atoms with Gasteiger partial charge in [-0.2, -0.15) is 0 Å². The number of nitrogens with one attached hydrogen (secondary N) is 1. The first kappa shape index (κ1) is 7.03. The molecule has 12 heavy (non-hydrogen) atoms. The Labute approximate surface area is 70.1 Å². The smallest absolute Gasteiger partial charge is 0.150 e. The van der Waals surface area contributed by atoms with Crippen LogP contribution in [0.2, 0.25) is 0 Å². The maximum absolute atomic E-state index is 10.6. The van der Waals surface area contributed by atoms with Gasteiger partial charge in [-0.25, -0.2) is 4.98 Å². The molecule has 0 saturated carbocycles. The molecule has 3 heteroatoms. The lowest BCUT2D eigenvalue weighted by atomic mass is 10.1. The normalized spacial score (nSPS) is 14.2. The highest BCUT2D eigenvalue weighted by Gasteiger charge is 2.10. The lowest BCUT2D eigenvalue weighted by Gasteiger charge is -2.13. The molecule has 60 valence electrons. The zero-order chi connectivity index (χ0) is 8.39. The summed E-state index contributed by atoms with van der Waals surface area (Å²) in [6.07, 6.45) is 4.43. The Hall–Kier alpha value is -1.64. The summed E-state index contributed by atoms with van der Waals surface area (Å²) in [7, 11) is 0. The van der Waals surface area contributed by atoms with E-state index in [0.29, 0.717) is 6.54 Å². The van der Waals surface area contributed by atoms with Crippen molar-refractivity contribution in [1.82, 2.24) is 4.98 Å². The Kier molecular flexibility index (Phi) is 1.63. The molecule has 1 aromatic heterocycles. The minimum absolute atomic E-state index is 0.679. The summed E-state index contributed by atoms with van der Waals surface area (Å²) >= 11 is 0.